The summed E-state index contributed by atoms with van der Waals surface area (Å²) in [7, 11) is 0. The van der Waals surface area contributed by atoms with E-state index >= 15 is 0 Å². The third kappa shape index (κ3) is 3.42. The van der Waals surface area contributed by atoms with Gasteiger partial charge in [0.2, 0.25) is 0 Å². The van der Waals surface area contributed by atoms with Crippen molar-refractivity contribution in [3.8, 4) is 6.07 Å². The van der Waals surface area contributed by atoms with Crippen LogP contribution in [0.3, 0.4) is 0 Å². The summed E-state index contributed by atoms with van der Waals surface area (Å²) in [5, 5.41) is 31.3. The van der Waals surface area contributed by atoms with Gasteiger partial charge >= 0.3 is 5.97 Å². The van der Waals surface area contributed by atoms with E-state index in [9.17, 15) is 14.9 Å². The molecule has 19 heavy (non-hydrogen) atoms. The molecule has 0 amide bonds. The lowest BCUT2D eigenvalue weighted by Gasteiger charge is -2.19. The van der Waals surface area contributed by atoms with Gasteiger partial charge in [-0.15, -0.1) is 0 Å². The Morgan fingerprint density at radius 3 is 2.58 bits per heavy atom. The molecule has 0 aliphatic rings. The number of aliphatic carboxylic acids is 1. The molecule has 1 rings (SSSR count). The highest BCUT2D eigenvalue weighted by Crippen LogP contribution is 2.27. The van der Waals surface area contributed by atoms with E-state index in [-0.39, 0.29) is 22.9 Å². The molecule has 7 nitrogen and oxygen atoms in total. The largest absolute Gasteiger partial charge is 0.480 e. The molecule has 100 valence electrons. The van der Waals surface area contributed by atoms with E-state index in [2.05, 4.69) is 5.32 Å². The van der Waals surface area contributed by atoms with Gasteiger partial charge in [-0.25, -0.2) is 4.79 Å². The fraction of sp³-hybridized carbons (Fsp3) is 0.333. The molecule has 0 heterocycles. The number of rotatable bonds is 5. The molecule has 0 aliphatic carbocycles. The minimum atomic E-state index is -1.09. The summed E-state index contributed by atoms with van der Waals surface area (Å²) in [6, 6.07) is 4.71. The zero-order valence-corrected chi connectivity index (χ0v) is 10.5. The third-order valence-corrected chi connectivity index (χ3v) is 2.57. The summed E-state index contributed by atoms with van der Waals surface area (Å²) >= 11 is 0. The van der Waals surface area contributed by atoms with Gasteiger partial charge in [0.25, 0.3) is 5.69 Å². The van der Waals surface area contributed by atoms with Crippen LogP contribution in [0.1, 0.15) is 19.4 Å². The normalized spacial score (nSPS) is 11.7. The molecule has 0 fully saturated rings. The van der Waals surface area contributed by atoms with Crippen LogP contribution in [0.15, 0.2) is 18.2 Å². The molecule has 1 unspecified atom stereocenters. The lowest BCUT2D eigenvalue weighted by Crippen LogP contribution is -2.34. The van der Waals surface area contributed by atoms with Crippen molar-refractivity contribution in [2.75, 3.05) is 5.32 Å². The number of benzene rings is 1. The molecular weight excluding hydrogens is 250 g/mol. The van der Waals surface area contributed by atoms with E-state index in [1.165, 1.54) is 12.1 Å². The number of nitro groups is 1. The molecule has 0 aliphatic heterocycles. The average molecular weight is 263 g/mol. The summed E-state index contributed by atoms with van der Waals surface area (Å²) in [6.45, 7) is 3.39. The number of anilines is 1. The van der Waals surface area contributed by atoms with Gasteiger partial charge in [-0.2, -0.15) is 5.26 Å². The van der Waals surface area contributed by atoms with Crippen molar-refractivity contribution in [1.29, 1.82) is 5.26 Å². The summed E-state index contributed by atoms with van der Waals surface area (Å²) in [5.74, 6) is -1.33. The van der Waals surface area contributed by atoms with Crippen LogP contribution in [0.5, 0.6) is 0 Å². The number of nitrogens with zero attached hydrogens (tertiary/aromatic N) is 2. The van der Waals surface area contributed by atoms with E-state index < -0.39 is 16.9 Å². The molecule has 1 aromatic rings. The Morgan fingerprint density at radius 1 is 1.53 bits per heavy atom. The fourth-order valence-corrected chi connectivity index (χ4v) is 1.56. The molecule has 0 saturated heterocycles. The van der Waals surface area contributed by atoms with Crippen LogP contribution >= 0.6 is 0 Å². The zero-order valence-electron chi connectivity index (χ0n) is 10.5. The van der Waals surface area contributed by atoms with Gasteiger partial charge in [0.1, 0.15) is 11.7 Å². The van der Waals surface area contributed by atoms with E-state index in [0.29, 0.717) is 0 Å². The van der Waals surface area contributed by atoms with Crippen LogP contribution in [0.4, 0.5) is 11.4 Å². The Bertz CT molecular complexity index is 548. The van der Waals surface area contributed by atoms with Crippen molar-refractivity contribution in [3.05, 3.63) is 33.9 Å². The van der Waals surface area contributed by atoms with Crippen LogP contribution < -0.4 is 5.32 Å². The zero-order chi connectivity index (χ0) is 14.6. The number of carbonyl (C=O) groups is 1. The number of nitrogens with one attached hydrogen (secondary N) is 1. The molecule has 0 bridgehead atoms. The minimum absolute atomic E-state index is 0.0881. The van der Waals surface area contributed by atoms with Gasteiger partial charge in [-0.05, 0) is 18.1 Å². The second-order valence-corrected chi connectivity index (χ2v) is 4.31. The Balaban J connectivity index is 3.17. The topological polar surface area (TPSA) is 116 Å². The molecule has 0 spiro atoms. The van der Waals surface area contributed by atoms with Gasteiger partial charge < -0.3 is 10.4 Å². The number of hydrogen-bond donors (Lipinski definition) is 2. The first-order chi connectivity index (χ1) is 8.86. The van der Waals surface area contributed by atoms with E-state index in [4.69, 9.17) is 10.4 Å². The van der Waals surface area contributed by atoms with Gasteiger partial charge in [0.15, 0.2) is 0 Å². The molecule has 2 N–H and O–H groups in total. The van der Waals surface area contributed by atoms with Crippen molar-refractivity contribution in [2.24, 2.45) is 5.92 Å². The molecule has 7 heteroatoms. The maximum absolute atomic E-state index is 11.1. The lowest BCUT2D eigenvalue weighted by atomic mass is 10.0. The number of carboxylic acids is 1. The van der Waals surface area contributed by atoms with Gasteiger partial charge in [0, 0.05) is 6.07 Å². The first-order valence-corrected chi connectivity index (χ1v) is 5.54. The van der Waals surface area contributed by atoms with E-state index in [0.717, 1.165) is 6.07 Å². The Labute approximate surface area is 109 Å². The van der Waals surface area contributed by atoms with Crippen LogP contribution in [0.2, 0.25) is 0 Å². The van der Waals surface area contributed by atoms with Crippen molar-refractivity contribution < 1.29 is 14.8 Å². The molecule has 1 aromatic carbocycles. The summed E-state index contributed by atoms with van der Waals surface area (Å²) in [5.41, 5.74) is -0.0790. The Kier molecular flexibility index (Phi) is 4.42. The summed E-state index contributed by atoms with van der Waals surface area (Å²) < 4.78 is 0. The number of nitro benzene ring substituents is 1. The molecule has 0 aromatic heterocycles. The first-order valence-electron chi connectivity index (χ1n) is 5.54. The second-order valence-electron chi connectivity index (χ2n) is 4.31. The average Bonchev–Trinajstić information content (AvgIpc) is 2.34. The third-order valence-electron chi connectivity index (χ3n) is 2.57. The number of carboxylic acid groups (broad SMARTS) is 1. The maximum atomic E-state index is 11.1. The monoisotopic (exact) mass is 263 g/mol. The highest BCUT2D eigenvalue weighted by atomic mass is 16.6. The predicted octanol–water partition coefficient (Wildman–Crippen LogP) is 1.99. The van der Waals surface area contributed by atoms with Crippen LogP contribution in [0, 0.1) is 27.4 Å². The van der Waals surface area contributed by atoms with Crippen molar-refractivity contribution >= 4 is 17.3 Å². The molecule has 0 saturated carbocycles. The first kappa shape index (κ1) is 14.4. The molecule has 1 atom stereocenters. The van der Waals surface area contributed by atoms with Crippen LogP contribution in [0.25, 0.3) is 0 Å². The SMILES string of the molecule is CC(C)C(Nc1ccc(C#N)cc1[N+](=O)[O-])C(=O)O. The Hall–Kier alpha value is -2.62. The Morgan fingerprint density at radius 2 is 2.16 bits per heavy atom. The van der Waals surface area contributed by atoms with E-state index in [1.54, 1.807) is 19.9 Å². The second kappa shape index (κ2) is 5.82. The van der Waals surface area contributed by atoms with Crippen molar-refractivity contribution in [2.45, 2.75) is 19.9 Å². The smallest absolute Gasteiger partial charge is 0.326 e. The van der Waals surface area contributed by atoms with Crippen LogP contribution in [-0.4, -0.2) is 22.0 Å². The van der Waals surface area contributed by atoms with Crippen molar-refractivity contribution in [3.63, 3.8) is 0 Å². The van der Waals surface area contributed by atoms with Gasteiger partial charge in [-0.3, -0.25) is 10.1 Å². The summed E-state index contributed by atoms with van der Waals surface area (Å²) in [4.78, 5) is 21.3. The molecular formula is C12H13N3O4. The quantitative estimate of drug-likeness (QED) is 0.619. The van der Waals surface area contributed by atoms with Crippen molar-refractivity contribution in [1.82, 2.24) is 0 Å². The molecule has 0 radical (unpaired) electrons. The summed E-state index contributed by atoms with van der Waals surface area (Å²) in [6.07, 6.45) is 0. The number of nitriles is 1. The maximum Gasteiger partial charge on any atom is 0.326 e. The number of hydrogen-bond acceptors (Lipinski definition) is 5. The van der Waals surface area contributed by atoms with E-state index in [1.807, 2.05) is 0 Å². The standard InChI is InChI=1S/C12H13N3O4/c1-7(2)11(12(16)17)14-9-4-3-8(6-13)5-10(9)15(18)19/h3-5,7,11,14H,1-2H3,(H,16,17). The van der Waals surface area contributed by atoms with Gasteiger partial charge in [0.05, 0.1) is 16.6 Å². The highest BCUT2D eigenvalue weighted by molar-refractivity contribution is 5.79. The fourth-order valence-electron chi connectivity index (χ4n) is 1.56. The highest BCUT2D eigenvalue weighted by Gasteiger charge is 2.24. The minimum Gasteiger partial charge on any atom is -0.480 e. The lowest BCUT2D eigenvalue weighted by molar-refractivity contribution is -0.384. The predicted molar refractivity (Wildman–Crippen MR) is 67.7 cm³/mol. The van der Waals surface area contributed by atoms with Gasteiger partial charge in [-0.1, -0.05) is 13.8 Å². The van der Waals surface area contributed by atoms with Crippen LogP contribution in [-0.2, 0) is 4.79 Å².